The third kappa shape index (κ3) is 3.29. The molecule has 2 aromatic heterocycles. The minimum Gasteiger partial charge on any atom is -0.157 e. The monoisotopic (exact) mass is 328 g/mol. The summed E-state index contributed by atoms with van der Waals surface area (Å²) in [5.41, 5.74) is 18.5. The Morgan fingerprint density at radius 3 is 1.54 bits per heavy atom. The van der Waals surface area contributed by atoms with Crippen molar-refractivity contribution in [1.82, 2.24) is 40.6 Å². The van der Waals surface area contributed by atoms with Crippen LogP contribution in [0.4, 0.5) is 11.9 Å². The van der Waals surface area contributed by atoms with E-state index in [-0.39, 0.29) is 11.9 Å². The molecule has 24 heavy (non-hydrogen) atoms. The topological polar surface area (TPSA) is 209 Å². The second kappa shape index (κ2) is 6.91. The van der Waals surface area contributed by atoms with Crippen LogP contribution in [0.5, 0.6) is 0 Å². The van der Waals surface area contributed by atoms with E-state index in [2.05, 4.69) is 61.3 Å². The molecule has 0 aliphatic heterocycles. The van der Waals surface area contributed by atoms with Crippen LogP contribution in [-0.4, -0.2) is 52.1 Å². The fraction of sp³-hybridized carbons (Fsp3) is 0.500. The molecule has 0 amide bonds. The van der Waals surface area contributed by atoms with Gasteiger partial charge < -0.3 is 0 Å². The first-order valence-electron chi connectivity index (χ1n) is 6.60. The molecular formula is C8H8N16. The van der Waals surface area contributed by atoms with Gasteiger partial charge in [0.15, 0.2) is 0 Å². The van der Waals surface area contributed by atoms with Crippen LogP contribution in [0.1, 0.15) is 25.7 Å². The molecule has 1 aliphatic carbocycles. The highest BCUT2D eigenvalue weighted by Gasteiger charge is 2.15. The highest BCUT2D eigenvalue weighted by molar-refractivity contribution is 5.98. The van der Waals surface area contributed by atoms with Gasteiger partial charge in [-0.15, -0.1) is 19.8 Å². The van der Waals surface area contributed by atoms with Crippen LogP contribution in [0.15, 0.2) is 20.4 Å². The second-order valence-electron chi connectivity index (χ2n) is 4.45. The Balaban J connectivity index is 1.71. The molecule has 1 fully saturated rings. The standard InChI is InChI=1S/C8H8N16/c9-17-11-7-13-19-21-23(7)15-5-1-2-6(4-3-5)16-24-8(12-18-10)14-20-22-24/h1-4H2. The Morgan fingerprint density at radius 2 is 1.17 bits per heavy atom. The molecule has 2 heterocycles. The number of hydrogen-bond donors (Lipinski definition) is 0. The van der Waals surface area contributed by atoms with Crippen molar-refractivity contribution in [2.75, 3.05) is 0 Å². The fourth-order valence-electron chi connectivity index (χ4n) is 1.98. The minimum atomic E-state index is -0.0304. The zero-order chi connectivity index (χ0) is 16.8. The van der Waals surface area contributed by atoms with E-state index in [1.807, 2.05) is 0 Å². The molecule has 0 bridgehead atoms. The van der Waals surface area contributed by atoms with Crippen LogP contribution >= 0.6 is 0 Å². The minimum absolute atomic E-state index is 0.0304. The van der Waals surface area contributed by atoms with E-state index < -0.39 is 0 Å². The highest BCUT2D eigenvalue weighted by Crippen LogP contribution is 2.16. The number of tetrazole rings is 2. The first-order valence-corrected chi connectivity index (χ1v) is 6.60. The Hall–Kier alpha value is -3.90. The summed E-state index contributed by atoms with van der Waals surface area (Å²) in [5.74, 6) is -0.0608. The molecule has 120 valence electrons. The van der Waals surface area contributed by atoms with Crippen LogP contribution in [0, 0.1) is 0 Å². The van der Waals surface area contributed by atoms with Gasteiger partial charge in [-0.2, -0.15) is 10.2 Å². The number of hydrogen-bond acceptors (Lipinski definition) is 10. The predicted octanol–water partition coefficient (Wildman–Crippen LogP) is 1.23. The van der Waals surface area contributed by atoms with Gasteiger partial charge in [-0.25, -0.2) is 0 Å². The lowest BCUT2D eigenvalue weighted by Crippen LogP contribution is -2.16. The zero-order valence-electron chi connectivity index (χ0n) is 12.0. The molecule has 3 rings (SSSR count). The van der Waals surface area contributed by atoms with Crippen molar-refractivity contribution in [3.05, 3.63) is 20.9 Å². The Bertz CT molecular complexity index is 799. The number of azide groups is 2. The van der Waals surface area contributed by atoms with Crippen molar-refractivity contribution in [3.63, 3.8) is 0 Å². The number of nitrogens with zero attached hydrogens (tertiary/aromatic N) is 16. The molecule has 0 radical (unpaired) electrons. The Labute approximate surface area is 132 Å². The van der Waals surface area contributed by atoms with E-state index in [1.54, 1.807) is 0 Å². The van der Waals surface area contributed by atoms with Crippen molar-refractivity contribution in [2.24, 2.45) is 20.4 Å². The largest absolute Gasteiger partial charge is 0.263 e. The van der Waals surface area contributed by atoms with Crippen LogP contribution in [0.25, 0.3) is 20.9 Å². The van der Waals surface area contributed by atoms with Gasteiger partial charge in [0.05, 0.1) is 0 Å². The Kier molecular flexibility index (Phi) is 4.32. The Morgan fingerprint density at radius 1 is 0.750 bits per heavy atom. The zero-order valence-corrected chi connectivity index (χ0v) is 12.0. The molecule has 2 aromatic rings. The van der Waals surface area contributed by atoms with Gasteiger partial charge in [-0.3, -0.25) is 0 Å². The van der Waals surface area contributed by atoms with Crippen molar-refractivity contribution in [3.8, 4) is 0 Å². The molecule has 16 nitrogen and oxygen atoms in total. The summed E-state index contributed by atoms with van der Waals surface area (Å²) in [5, 5.41) is 36.3. The molecule has 1 aliphatic rings. The normalized spacial score (nSPS) is 13.8. The van der Waals surface area contributed by atoms with Crippen molar-refractivity contribution in [2.45, 2.75) is 25.7 Å². The predicted molar refractivity (Wildman–Crippen MR) is 77.4 cm³/mol. The average Bonchev–Trinajstić information content (AvgIpc) is 3.20. The molecule has 0 aromatic carbocycles. The van der Waals surface area contributed by atoms with Gasteiger partial charge in [-0.1, -0.05) is 0 Å². The first-order chi connectivity index (χ1) is 11.8. The van der Waals surface area contributed by atoms with Gasteiger partial charge in [0.1, 0.15) is 0 Å². The maximum absolute atomic E-state index is 8.42. The molecule has 0 unspecified atom stereocenters. The molecule has 0 saturated heterocycles. The molecule has 1 saturated carbocycles. The first kappa shape index (κ1) is 15.0. The van der Waals surface area contributed by atoms with Gasteiger partial charge in [0.2, 0.25) is 0 Å². The van der Waals surface area contributed by atoms with E-state index >= 15 is 0 Å². The van der Waals surface area contributed by atoms with Crippen molar-refractivity contribution < 1.29 is 0 Å². The summed E-state index contributed by atoms with van der Waals surface area (Å²) in [6.45, 7) is 0. The number of aromatic nitrogens is 8. The number of rotatable bonds is 4. The van der Waals surface area contributed by atoms with E-state index in [4.69, 9.17) is 11.1 Å². The second-order valence-corrected chi connectivity index (χ2v) is 4.45. The van der Waals surface area contributed by atoms with Gasteiger partial charge >= 0.3 is 0 Å². The summed E-state index contributed by atoms with van der Waals surface area (Å²) >= 11 is 0. The molecular weight excluding hydrogens is 320 g/mol. The molecule has 0 N–H and O–H groups in total. The summed E-state index contributed by atoms with van der Waals surface area (Å²) in [7, 11) is 0. The van der Waals surface area contributed by atoms with Crippen molar-refractivity contribution in [1.29, 1.82) is 0 Å². The van der Waals surface area contributed by atoms with Crippen molar-refractivity contribution >= 4 is 23.3 Å². The van der Waals surface area contributed by atoms with E-state index in [9.17, 15) is 0 Å². The lowest BCUT2D eigenvalue weighted by Gasteiger charge is -2.14. The molecule has 0 spiro atoms. The average molecular weight is 328 g/mol. The van der Waals surface area contributed by atoms with Crippen LogP contribution in [0.2, 0.25) is 0 Å². The van der Waals surface area contributed by atoms with Gasteiger partial charge in [0.25, 0.3) is 11.9 Å². The van der Waals surface area contributed by atoms with E-state index in [1.165, 1.54) is 0 Å². The van der Waals surface area contributed by atoms with Gasteiger partial charge in [-0.05, 0) is 67.8 Å². The quantitative estimate of drug-likeness (QED) is 0.457. The highest BCUT2D eigenvalue weighted by atomic mass is 15.7. The maximum Gasteiger partial charge on any atom is 0.263 e. The van der Waals surface area contributed by atoms with Crippen LogP contribution < -0.4 is 0 Å². The van der Waals surface area contributed by atoms with Crippen LogP contribution in [0.3, 0.4) is 0 Å². The third-order valence-corrected chi connectivity index (χ3v) is 3.02. The third-order valence-electron chi connectivity index (χ3n) is 3.02. The molecule has 16 heteroatoms. The summed E-state index contributed by atoms with van der Waals surface area (Å²) in [4.78, 5) is 7.42. The fourth-order valence-corrected chi connectivity index (χ4v) is 1.98. The lowest BCUT2D eigenvalue weighted by molar-refractivity contribution is 0.673. The SMILES string of the molecule is [N-]=[N+]=Nc1nnnn1N=C1CCC(=Nn2nnnc2N=[N+]=[N-])CC1. The van der Waals surface area contributed by atoms with E-state index in [0.29, 0.717) is 25.7 Å². The summed E-state index contributed by atoms with van der Waals surface area (Å²) in [6, 6.07) is 0. The van der Waals surface area contributed by atoms with Gasteiger partial charge in [0, 0.05) is 21.2 Å². The van der Waals surface area contributed by atoms with Crippen LogP contribution in [-0.2, 0) is 0 Å². The maximum atomic E-state index is 8.42. The molecule has 0 atom stereocenters. The lowest BCUT2D eigenvalue weighted by atomic mass is 9.97. The summed E-state index contributed by atoms with van der Waals surface area (Å²) in [6.07, 6.45) is 2.47. The van der Waals surface area contributed by atoms with E-state index in [0.717, 1.165) is 21.0 Å². The smallest absolute Gasteiger partial charge is 0.157 e. The summed E-state index contributed by atoms with van der Waals surface area (Å²) < 4.78 is 0.